The Labute approximate surface area is 338 Å². The molecule has 0 radical (unpaired) electrons. The van der Waals surface area contributed by atoms with Gasteiger partial charge < -0.3 is 25.2 Å². The van der Waals surface area contributed by atoms with Crippen LogP contribution in [-0.2, 0) is 37.5 Å². The molecule has 12 heteroatoms. The van der Waals surface area contributed by atoms with E-state index in [1.54, 1.807) is 0 Å². The van der Waals surface area contributed by atoms with E-state index in [0.29, 0.717) is 19.3 Å². The minimum Gasteiger partial charge on any atom is -0.480 e. The van der Waals surface area contributed by atoms with Crippen LogP contribution in [0.5, 0.6) is 0 Å². The van der Waals surface area contributed by atoms with Gasteiger partial charge in [-0.1, -0.05) is 132 Å². The Balaban J connectivity index is 4.52. The quantitative estimate of drug-likeness (QED) is 0.0235. The standard InChI is InChI=1S/C44H74NO10P/c1-3-5-7-9-11-13-15-17-19-20-22-23-25-27-29-31-33-35-42(46)52-37-40(38-53-56(50,51)54-39-41(45)44(48)49)55-43(47)36-34-32-30-28-26-24-21-18-16-14-12-10-8-6-4-2/h11-14,17-19,21-23,27,29,40-41H,3-10,15-16,20,24-26,28,30-39,45H2,1-2H3,(H,48,49)(H,50,51). The van der Waals surface area contributed by atoms with Gasteiger partial charge in [0, 0.05) is 12.8 Å². The molecule has 0 saturated heterocycles. The van der Waals surface area contributed by atoms with Crippen LogP contribution in [0.25, 0.3) is 0 Å². The van der Waals surface area contributed by atoms with Crippen LogP contribution in [0, 0.1) is 0 Å². The predicted molar refractivity (Wildman–Crippen MR) is 226 cm³/mol. The van der Waals surface area contributed by atoms with Crippen LogP contribution in [-0.4, -0.2) is 59.9 Å². The highest BCUT2D eigenvalue weighted by atomic mass is 31.2. The van der Waals surface area contributed by atoms with E-state index in [0.717, 1.165) is 70.6 Å². The van der Waals surface area contributed by atoms with E-state index in [-0.39, 0.29) is 19.4 Å². The summed E-state index contributed by atoms with van der Waals surface area (Å²) < 4.78 is 32.6. The molecule has 0 rings (SSSR count). The first-order chi connectivity index (χ1) is 27.1. The van der Waals surface area contributed by atoms with Crippen molar-refractivity contribution in [3.63, 3.8) is 0 Å². The summed E-state index contributed by atoms with van der Waals surface area (Å²) in [6, 6.07) is -1.53. The van der Waals surface area contributed by atoms with Crippen LogP contribution in [0.1, 0.15) is 155 Å². The normalized spacial score (nSPS) is 14.5. The molecule has 0 aliphatic carbocycles. The van der Waals surface area contributed by atoms with Gasteiger partial charge in [-0.05, 0) is 83.5 Å². The molecule has 320 valence electrons. The van der Waals surface area contributed by atoms with Crippen molar-refractivity contribution in [2.45, 2.75) is 167 Å². The monoisotopic (exact) mass is 808 g/mol. The number of carboxylic acid groups (broad SMARTS) is 1. The SMILES string of the molecule is CCCCCC=CCC=CCC=CCC=CCCCC(=O)OCC(COP(=O)(O)OCC(N)C(=O)O)OC(=O)CCCCCCCC=CCC=CCCCCC. The third kappa shape index (κ3) is 37.8. The maximum absolute atomic E-state index is 12.6. The molecule has 11 nitrogen and oxygen atoms in total. The van der Waals surface area contributed by atoms with E-state index < -0.39 is 51.1 Å². The highest BCUT2D eigenvalue weighted by Gasteiger charge is 2.28. The van der Waals surface area contributed by atoms with Crippen molar-refractivity contribution in [1.82, 2.24) is 0 Å². The molecule has 3 atom stereocenters. The fourth-order valence-corrected chi connectivity index (χ4v) is 5.86. The van der Waals surface area contributed by atoms with Gasteiger partial charge in [0.15, 0.2) is 6.10 Å². The van der Waals surface area contributed by atoms with E-state index in [2.05, 4.69) is 79.1 Å². The molecule has 0 heterocycles. The Morgan fingerprint density at radius 1 is 0.554 bits per heavy atom. The first-order valence-corrected chi connectivity index (χ1v) is 22.5. The Morgan fingerprint density at radius 3 is 1.46 bits per heavy atom. The number of hydrogen-bond donors (Lipinski definition) is 3. The van der Waals surface area contributed by atoms with Crippen molar-refractivity contribution >= 4 is 25.7 Å². The molecule has 0 aliphatic heterocycles. The average molecular weight is 808 g/mol. The molecule has 4 N–H and O–H groups in total. The highest BCUT2D eigenvalue weighted by Crippen LogP contribution is 2.43. The van der Waals surface area contributed by atoms with Crippen LogP contribution in [0.4, 0.5) is 0 Å². The summed E-state index contributed by atoms with van der Waals surface area (Å²) in [6.45, 7) is 2.66. The van der Waals surface area contributed by atoms with Crippen LogP contribution >= 0.6 is 7.82 Å². The lowest BCUT2D eigenvalue weighted by Crippen LogP contribution is -2.34. The molecule has 0 amide bonds. The maximum atomic E-state index is 12.6. The Bertz CT molecular complexity index is 1230. The fourth-order valence-electron chi connectivity index (χ4n) is 5.09. The number of phosphoric ester groups is 1. The molecular formula is C44H74NO10P. The van der Waals surface area contributed by atoms with Crippen molar-refractivity contribution in [3.8, 4) is 0 Å². The summed E-state index contributed by atoms with van der Waals surface area (Å²) in [4.78, 5) is 45.9. The van der Waals surface area contributed by atoms with Crippen LogP contribution in [0.3, 0.4) is 0 Å². The molecule has 0 aliphatic rings. The van der Waals surface area contributed by atoms with Gasteiger partial charge in [0.1, 0.15) is 12.6 Å². The maximum Gasteiger partial charge on any atom is 0.472 e. The van der Waals surface area contributed by atoms with E-state index in [1.165, 1.54) is 38.5 Å². The average Bonchev–Trinajstić information content (AvgIpc) is 3.17. The first kappa shape index (κ1) is 52.9. The van der Waals surface area contributed by atoms with E-state index in [4.69, 9.17) is 24.8 Å². The zero-order valence-electron chi connectivity index (χ0n) is 34.4. The summed E-state index contributed by atoms with van der Waals surface area (Å²) in [7, 11) is -4.73. The fraction of sp³-hybridized carbons (Fsp3) is 0.659. The summed E-state index contributed by atoms with van der Waals surface area (Å²) >= 11 is 0. The first-order valence-electron chi connectivity index (χ1n) is 21.0. The summed E-state index contributed by atoms with van der Waals surface area (Å²) in [5.41, 5.74) is 5.32. The topological polar surface area (TPSA) is 172 Å². The molecule has 3 unspecified atom stereocenters. The summed E-state index contributed by atoms with van der Waals surface area (Å²) in [6.07, 6.45) is 45.4. The largest absolute Gasteiger partial charge is 0.480 e. The number of esters is 2. The molecule has 0 aromatic carbocycles. The van der Waals surface area contributed by atoms with E-state index in [1.807, 2.05) is 12.2 Å². The summed E-state index contributed by atoms with van der Waals surface area (Å²) in [5.74, 6) is -2.48. The van der Waals surface area contributed by atoms with Crippen LogP contribution < -0.4 is 5.73 Å². The number of carbonyl (C=O) groups excluding carboxylic acids is 2. The van der Waals surface area contributed by atoms with Gasteiger partial charge in [-0.25, -0.2) is 4.57 Å². The lowest BCUT2D eigenvalue weighted by atomic mass is 10.1. The Morgan fingerprint density at radius 2 is 0.964 bits per heavy atom. The lowest BCUT2D eigenvalue weighted by Gasteiger charge is -2.20. The minimum absolute atomic E-state index is 0.130. The van der Waals surface area contributed by atoms with Crippen molar-refractivity contribution in [1.29, 1.82) is 0 Å². The molecular weight excluding hydrogens is 733 g/mol. The number of aliphatic carboxylic acids is 1. The van der Waals surface area contributed by atoms with Crippen LogP contribution in [0.15, 0.2) is 72.9 Å². The molecule has 0 aromatic heterocycles. The van der Waals surface area contributed by atoms with Gasteiger partial charge in [-0.2, -0.15) is 0 Å². The second-order valence-corrected chi connectivity index (χ2v) is 15.2. The van der Waals surface area contributed by atoms with E-state index >= 15 is 0 Å². The predicted octanol–water partition coefficient (Wildman–Crippen LogP) is 10.9. The second kappa shape index (κ2) is 38.8. The van der Waals surface area contributed by atoms with Gasteiger partial charge in [0.05, 0.1) is 13.2 Å². The second-order valence-electron chi connectivity index (χ2n) is 13.8. The summed E-state index contributed by atoms with van der Waals surface area (Å²) in [5, 5.41) is 8.88. The van der Waals surface area contributed by atoms with Crippen molar-refractivity contribution < 1.29 is 47.5 Å². The zero-order valence-corrected chi connectivity index (χ0v) is 35.3. The molecule has 0 bridgehead atoms. The van der Waals surface area contributed by atoms with Crippen molar-refractivity contribution in [2.75, 3.05) is 19.8 Å². The number of phosphoric acid groups is 1. The van der Waals surface area contributed by atoms with Gasteiger partial charge in [0.25, 0.3) is 0 Å². The lowest BCUT2D eigenvalue weighted by molar-refractivity contribution is -0.161. The molecule has 56 heavy (non-hydrogen) atoms. The smallest absolute Gasteiger partial charge is 0.472 e. The van der Waals surface area contributed by atoms with Crippen molar-refractivity contribution in [2.24, 2.45) is 5.73 Å². The van der Waals surface area contributed by atoms with Gasteiger partial charge in [0.2, 0.25) is 0 Å². The number of rotatable bonds is 38. The van der Waals surface area contributed by atoms with Gasteiger partial charge >= 0.3 is 25.7 Å². The number of nitrogens with two attached hydrogens (primary N) is 1. The Kier molecular flexibility index (Phi) is 36.6. The molecule has 0 spiro atoms. The minimum atomic E-state index is -4.73. The number of unbranched alkanes of at least 4 members (excludes halogenated alkanes) is 12. The number of carboxylic acids is 1. The highest BCUT2D eigenvalue weighted by molar-refractivity contribution is 7.47. The van der Waals surface area contributed by atoms with E-state index in [9.17, 15) is 23.8 Å². The van der Waals surface area contributed by atoms with Crippen molar-refractivity contribution in [3.05, 3.63) is 72.9 Å². The van der Waals surface area contributed by atoms with Gasteiger partial charge in [-0.15, -0.1) is 0 Å². The third-order valence-electron chi connectivity index (χ3n) is 8.43. The molecule has 0 aromatic rings. The number of allylic oxidation sites excluding steroid dienone is 12. The number of carbonyl (C=O) groups is 3. The zero-order chi connectivity index (χ0) is 41.4. The Hall–Kier alpha value is -3.08. The molecule has 0 fully saturated rings. The number of hydrogen-bond acceptors (Lipinski definition) is 9. The van der Waals surface area contributed by atoms with Crippen LogP contribution in [0.2, 0.25) is 0 Å². The molecule has 0 saturated carbocycles. The third-order valence-corrected chi connectivity index (χ3v) is 9.38. The number of ether oxygens (including phenoxy) is 2. The van der Waals surface area contributed by atoms with Gasteiger partial charge in [-0.3, -0.25) is 23.4 Å².